The minimum atomic E-state index is 0.301. The van der Waals surface area contributed by atoms with Crippen LogP contribution in [0.5, 0.6) is 0 Å². The lowest BCUT2D eigenvalue weighted by atomic mass is 10.1. The van der Waals surface area contributed by atoms with Crippen molar-refractivity contribution in [2.75, 3.05) is 5.32 Å². The molecule has 3 rings (SSSR count). The summed E-state index contributed by atoms with van der Waals surface area (Å²) >= 11 is 6.39. The van der Waals surface area contributed by atoms with Crippen LogP contribution in [0.1, 0.15) is 22.6 Å². The van der Waals surface area contributed by atoms with Crippen molar-refractivity contribution in [2.24, 2.45) is 5.16 Å². The molecule has 24 heavy (non-hydrogen) atoms. The highest BCUT2D eigenvalue weighted by molar-refractivity contribution is 6.35. The zero-order chi connectivity index (χ0) is 17.1. The van der Waals surface area contributed by atoms with Gasteiger partial charge in [0.25, 0.3) is 0 Å². The number of halogens is 1. The number of hydrogen-bond donors (Lipinski definition) is 2. The number of aryl methyl sites for hydroxylation is 2. The lowest BCUT2D eigenvalue weighted by Gasteiger charge is -2.11. The van der Waals surface area contributed by atoms with E-state index < -0.39 is 0 Å². The van der Waals surface area contributed by atoms with E-state index in [9.17, 15) is 5.21 Å². The van der Waals surface area contributed by atoms with Gasteiger partial charge in [-0.05, 0) is 55.8 Å². The Morgan fingerprint density at radius 2 is 1.88 bits per heavy atom. The molecule has 1 heterocycles. The Labute approximate surface area is 145 Å². The topological polar surface area (TPSA) is 57.8 Å². The van der Waals surface area contributed by atoms with Crippen molar-refractivity contribution in [3.05, 3.63) is 82.3 Å². The van der Waals surface area contributed by atoms with Gasteiger partial charge in [0.15, 0.2) is 11.5 Å². The molecule has 0 saturated heterocycles. The molecule has 0 atom stereocenters. The summed E-state index contributed by atoms with van der Waals surface area (Å²) in [7, 11) is 0. The SMILES string of the molecule is Cc1ccc(C(=NO)c2ccc(Nc3ccccc3C)cc2Cl)o1. The third-order valence-corrected chi connectivity index (χ3v) is 4.03. The fourth-order valence-corrected chi connectivity index (χ4v) is 2.72. The van der Waals surface area contributed by atoms with Crippen LogP contribution in [0.15, 0.2) is 64.2 Å². The van der Waals surface area contributed by atoms with Crippen LogP contribution in [0.2, 0.25) is 5.02 Å². The molecular weight excluding hydrogens is 324 g/mol. The number of para-hydroxylation sites is 1. The Kier molecular flexibility index (Phi) is 4.58. The first-order chi connectivity index (χ1) is 11.6. The summed E-state index contributed by atoms with van der Waals surface area (Å²) in [5.74, 6) is 1.21. The number of hydrogen-bond acceptors (Lipinski definition) is 4. The molecule has 0 saturated carbocycles. The van der Waals surface area contributed by atoms with Gasteiger partial charge in [0.1, 0.15) is 5.76 Å². The average Bonchev–Trinajstić information content (AvgIpc) is 2.98. The first-order valence-electron chi connectivity index (χ1n) is 7.50. The number of benzene rings is 2. The van der Waals surface area contributed by atoms with E-state index in [0.717, 1.165) is 22.7 Å². The number of rotatable bonds is 4. The number of nitrogens with one attached hydrogen (secondary N) is 1. The predicted octanol–water partition coefficient (Wildman–Crippen LogP) is 5.52. The standard InChI is InChI=1S/C19H17ClN2O2/c1-12-5-3-4-6-17(12)21-14-8-9-15(16(20)11-14)19(22-23)18-10-7-13(2)24-18/h3-11,21,23H,1-2H3. The van der Waals surface area contributed by atoms with Crippen molar-refractivity contribution in [2.45, 2.75) is 13.8 Å². The normalized spacial score (nSPS) is 11.5. The maximum absolute atomic E-state index is 9.36. The second-order valence-corrected chi connectivity index (χ2v) is 5.90. The summed E-state index contributed by atoms with van der Waals surface area (Å²) in [6.07, 6.45) is 0. The molecule has 0 spiro atoms. The number of furan rings is 1. The highest BCUT2D eigenvalue weighted by Crippen LogP contribution is 2.27. The average molecular weight is 341 g/mol. The molecule has 3 aromatic rings. The van der Waals surface area contributed by atoms with E-state index in [1.54, 1.807) is 18.2 Å². The highest BCUT2D eigenvalue weighted by atomic mass is 35.5. The van der Waals surface area contributed by atoms with Gasteiger partial charge in [-0.15, -0.1) is 0 Å². The molecule has 2 aromatic carbocycles. The van der Waals surface area contributed by atoms with Gasteiger partial charge in [-0.25, -0.2) is 0 Å². The molecular formula is C19H17ClN2O2. The molecule has 0 radical (unpaired) electrons. The van der Waals surface area contributed by atoms with Gasteiger partial charge >= 0.3 is 0 Å². The van der Waals surface area contributed by atoms with Gasteiger partial charge in [0, 0.05) is 16.9 Å². The second-order valence-electron chi connectivity index (χ2n) is 5.49. The lowest BCUT2D eigenvalue weighted by molar-refractivity contribution is 0.318. The fraction of sp³-hybridized carbons (Fsp3) is 0.105. The lowest BCUT2D eigenvalue weighted by Crippen LogP contribution is -2.03. The van der Waals surface area contributed by atoms with Crippen LogP contribution >= 0.6 is 11.6 Å². The smallest absolute Gasteiger partial charge is 0.156 e. The van der Waals surface area contributed by atoms with Gasteiger partial charge < -0.3 is 14.9 Å². The van der Waals surface area contributed by atoms with Crippen LogP contribution in [0, 0.1) is 13.8 Å². The Bertz CT molecular complexity index is 900. The molecule has 1 aromatic heterocycles. The van der Waals surface area contributed by atoms with Crippen LogP contribution in [-0.2, 0) is 0 Å². The Balaban J connectivity index is 1.91. The minimum Gasteiger partial charge on any atom is -0.460 e. The van der Waals surface area contributed by atoms with Crippen molar-refractivity contribution in [3.63, 3.8) is 0 Å². The summed E-state index contributed by atoms with van der Waals surface area (Å²) < 4.78 is 5.52. The van der Waals surface area contributed by atoms with Crippen molar-refractivity contribution in [3.8, 4) is 0 Å². The molecule has 0 fully saturated rings. The number of oxime groups is 1. The fourth-order valence-electron chi connectivity index (χ4n) is 2.45. The summed E-state index contributed by atoms with van der Waals surface area (Å²) in [4.78, 5) is 0. The van der Waals surface area contributed by atoms with E-state index in [2.05, 4.69) is 10.5 Å². The first-order valence-corrected chi connectivity index (χ1v) is 7.87. The van der Waals surface area contributed by atoms with Crippen LogP contribution in [0.25, 0.3) is 0 Å². The quantitative estimate of drug-likeness (QED) is 0.373. The molecule has 0 bridgehead atoms. The molecule has 4 nitrogen and oxygen atoms in total. The van der Waals surface area contributed by atoms with E-state index in [1.807, 2.05) is 50.2 Å². The molecule has 0 aliphatic heterocycles. The van der Waals surface area contributed by atoms with Crippen molar-refractivity contribution in [1.29, 1.82) is 0 Å². The number of anilines is 2. The van der Waals surface area contributed by atoms with E-state index in [1.165, 1.54) is 0 Å². The first kappa shape index (κ1) is 16.1. The molecule has 0 unspecified atom stereocenters. The monoisotopic (exact) mass is 340 g/mol. The molecule has 5 heteroatoms. The Hall–Kier alpha value is -2.72. The van der Waals surface area contributed by atoms with Crippen LogP contribution in [0.4, 0.5) is 11.4 Å². The van der Waals surface area contributed by atoms with Crippen molar-refractivity contribution < 1.29 is 9.62 Å². The zero-order valence-corrected chi connectivity index (χ0v) is 14.1. The third kappa shape index (κ3) is 3.29. The maximum atomic E-state index is 9.36. The minimum absolute atomic E-state index is 0.301. The van der Waals surface area contributed by atoms with E-state index in [-0.39, 0.29) is 0 Å². The van der Waals surface area contributed by atoms with Crippen molar-refractivity contribution in [1.82, 2.24) is 0 Å². The molecule has 0 amide bonds. The van der Waals surface area contributed by atoms with Gasteiger partial charge in [-0.3, -0.25) is 0 Å². The highest BCUT2D eigenvalue weighted by Gasteiger charge is 2.15. The summed E-state index contributed by atoms with van der Waals surface area (Å²) in [6.45, 7) is 3.86. The zero-order valence-electron chi connectivity index (χ0n) is 13.4. The summed E-state index contributed by atoms with van der Waals surface area (Å²) in [5, 5.41) is 16.5. The summed E-state index contributed by atoms with van der Waals surface area (Å²) in [5.41, 5.74) is 3.91. The maximum Gasteiger partial charge on any atom is 0.156 e. The van der Waals surface area contributed by atoms with E-state index >= 15 is 0 Å². The molecule has 0 aliphatic carbocycles. The van der Waals surface area contributed by atoms with Crippen molar-refractivity contribution >= 4 is 28.7 Å². The van der Waals surface area contributed by atoms with E-state index in [0.29, 0.717) is 22.1 Å². The van der Waals surface area contributed by atoms with Crippen LogP contribution in [0.3, 0.4) is 0 Å². The van der Waals surface area contributed by atoms with Gasteiger partial charge in [-0.2, -0.15) is 0 Å². The molecule has 2 N–H and O–H groups in total. The largest absolute Gasteiger partial charge is 0.460 e. The second kappa shape index (κ2) is 6.81. The molecule has 0 aliphatic rings. The Morgan fingerprint density at radius 3 is 2.50 bits per heavy atom. The van der Waals surface area contributed by atoms with Crippen LogP contribution < -0.4 is 5.32 Å². The summed E-state index contributed by atoms with van der Waals surface area (Å²) in [6, 6.07) is 17.0. The molecule has 122 valence electrons. The van der Waals surface area contributed by atoms with Gasteiger partial charge in [0.05, 0.1) is 5.02 Å². The van der Waals surface area contributed by atoms with Crippen LogP contribution in [-0.4, -0.2) is 10.9 Å². The van der Waals surface area contributed by atoms with Gasteiger partial charge in [-0.1, -0.05) is 35.0 Å². The van der Waals surface area contributed by atoms with E-state index in [4.69, 9.17) is 16.0 Å². The van der Waals surface area contributed by atoms with Gasteiger partial charge in [0.2, 0.25) is 0 Å². The third-order valence-electron chi connectivity index (χ3n) is 3.72. The Morgan fingerprint density at radius 1 is 1.08 bits per heavy atom. The predicted molar refractivity (Wildman–Crippen MR) is 96.8 cm³/mol. The number of nitrogens with zero attached hydrogens (tertiary/aromatic N) is 1.